The summed E-state index contributed by atoms with van der Waals surface area (Å²) in [6.07, 6.45) is 5.69. The van der Waals surface area contributed by atoms with Gasteiger partial charge in [0, 0.05) is 18.7 Å². The van der Waals surface area contributed by atoms with E-state index < -0.39 is 6.10 Å². The molecule has 1 saturated carbocycles. The minimum Gasteiger partial charge on any atom is -0.391 e. The van der Waals surface area contributed by atoms with Crippen LogP contribution >= 0.6 is 0 Å². The maximum absolute atomic E-state index is 11.8. The molecule has 1 aromatic heterocycles. The highest BCUT2D eigenvalue weighted by Crippen LogP contribution is 2.27. The van der Waals surface area contributed by atoms with E-state index in [1.807, 2.05) is 13.8 Å². The van der Waals surface area contributed by atoms with Gasteiger partial charge in [-0.05, 0) is 32.6 Å². The lowest BCUT2D eigenvalue weighted by atomic mass is 10.0. The van der Waals surface area contributed by atoms with Crippen LogP contribution in [0.25, 0.3) is 0 Å². The number of anilines is 1. The van der Waals surface area contributed by atoms with E-state index in [-0.39, 0.29) is 12.1 Å². The number of aliphatic hydroxyl groups excluding tert-OH is 1. The molecule has 1 aromatic rings. The van der Waals surface area contributed by atoms with Gasteiger partial charge in [-0.2, -0.15) is 5.10 Å². The Kier molecular flexibility index (Phi) is 5.00. The summed E-state index contributed by atoms with van der Waals surface area (Å²) in [5.41, 5.74) is 0. The molecule has 112 valence electrons. The molecule has 0 aliphatic heterocycles. The van der Waals surface area contributed by atoms with Crippen molar-refractivity contribution >= 4 is 11.8 Å². The second-order valence-electron chi connectivity index (χ2n) is 5.70. The Hall–Kier alpha value is -1.56. The first-order valence-electron chi connectivity index (χ1n) is 7.34. The molecule has 1 atom stereocenters. The van der Waals surface area contributed by atoms with Crippen LogP contribution in [0.2, 0.25) is 0 Å². The van der Waals surface area contributed by atoms with Crippen LogP contribution < -0.4 is 10.6 Å². The fraction of sp³-hybridized carbons (Fsp3) is 0.714. The molecule has 0 radical (unpaired) electrons. The van der Waals surface area contributed by atoms with Crippen molar-refractivity contribution in [3.8, 4) is 0 Å². The third kappa shape index (κ3) is 3.72. The lowest BCUT2D eigenvalue weighted by molar-refractivity contribution is 0.111. The van der Waals surface area contributed by atoms with Gasteiger partial charge < -0.3 is 10.4 Å². The number of carbonyl (C=O) groups is 1. The van der Waals surface area contributed by atoms with Gasteiger partial charge in [0.15, 0.2) is 0 Å². The van der Waals surface area contributed by atoms with Gasteiger partial charge in [0.05, 0.1) is 12.3 Å². The Labute approximate surface area is 119 Å². The monoisotopic (exact) mass is 280 g/mol. The number of nitrogens with one attached hydrogen (secondary N) is 2. The smallest absolute Gasteiger partial charge is 0.320 e. The molecular formula is C14H24N4O2. The third-order valence-electron chi connectivity index (χ3n) is 3.82. The summed E-state index contributed by atoms with van der Waals surface area (Å²) in [5.74, 6) is 0.990. The van der Waals surface area contributed by atoms with Gasteiger partial charge >= 0.3 is 6.03 Å². The summed E-state index contributed by atoms with van der Waals surface area (Å²) in [7, 11) is 0. The van der Waals surface area contributed by atoms with E-state index in [2.05, 4.69) is 15.7 Å². The minimum absolute atomic E-state index is 0.185. The predicted molar refractivity (Wildman–Crippen MR) is 77.6 cm³/mol. The average molecular weight is 280 g/mol. The highest BCUT2D eigenvalue weighted by molar-refractivity contribution is 5.88. The van der Waals surface area contributed by atoms with Gasteiger partial charge in [0.25, 0.3) is 0 Å². The first-order valence-corrected chi connectivity index (χ1v) is 7.34. The molecule has 1 unspecified atom stereocenters. The Morgan fingerprint density at radius 3 is 2.85 bits per heavy atom. The van der Waals surface area contributed by atoms with Crippen molar-refractivity contribution < 1.29 is 9.90 Å². The normalized spacial score (nSPS) is 17.4. The number of rotatable bonds is 5. The van der Waals surface area contributed by atoms with Crippen LogP contribution in [0.15, 0.2) is 12.3 Å². The number of hydrogen-bond donors (Lipinski definition) is 3. The van der Waals surface area contributed by atoms with E-state index in [9.17, 15) is 9.90 Å². The number of carbonyl (C=O) groups excluding carboxylic acids is 1. The van der Waals surface area contributed by atoms with E-state index in [1.165, 1.54) is 12.8 Å². The summed E-state index contributed by atoms with van der Waals surface area (Å²) in [5, 5.41) is 19.6. The Bertz CT molecular complexity index is 438. The predicted octanol–water partition coefficient (Wildman–Crippen LogP) is 2.14. The largest absolute Gasteiger partial charge is 0.391 e. The first kappa shape index (κ1) is 14.8. The van der Waals surface area contributed by atoms with E-state index in [0.717, 1.165) is 12.8 Å². The van der Waals surface area contributed by atoms with Crippen molar-refractivity contribution in [1.82, 2.24) is 15.1 Å². The van der Waals surface area contributed by atoms with Crippen LogP contribution in [-0.4, -0.2) is 33.6 Å². The molecule has 2 amide bonds. The lowest BCUT2D eigenvalue weighted by Gasteiger charge is -2.18. The van der Waals surface area contributed by atoms with Crippen LogP contribution in [0.4, 0.5) is 10.6 Å². The number of aliphatic hydroxyl groups is 1. The summed E-state index contributed by atoms with van der Waals surface area (Å²) >= 11 is 0. The summed E-state index contributed by atoms with van der Waals surface area (Å²) in [6.45, 7) is 4.30. The van der Waals surface area contributed by atoms with Gasteiger partial charge in [-0.1, -0.05) is 12.8 Å². The van der Waals surface area contributed by atoms with Crippen LogP contribution in [0.1, 0.15) is 45.6 Å². The number of urea groups is 1. The molecule has 3 N–H and O–H groups in total. The van der Waals surface area contributed by atoms with E-state index in [4.69, 9.17) is 0 Å². The Morgan fingerprint density at radius 1 is 1.50 bits per heavy atom. The quantitative estimate of drug-likeness (QED) is 0.773. The topological polar surface area (TPSA) is 79.2 Å². The van der Waals surface area contributed by atoms with E-state index >= 15 is 0 Å². The molecular weight excluding hydrogens is 256 g/mol. The van der Waals surface area contributed by atoms with Gasteiger partial charge in [-0.25, -0.2) is 9.48 Å². The molecule has 1 aliphatic rings. The molecule has 0 saturated heterocycles. The second-order valence-corrected chi connectivity index (χ2v) is 5.70. The van der Waals surface area contributed by atoms with Crippen molar-refractivity contribution in [2.75, 3.05) is 11.9 Å². The molecule has 2 rings (SSSR count). The Morgan fingerprint density at radius 2 is 2.20 bits per heavy atom. The first-order chi connectivity index (χ1) is 9.58. The zero-order valence-corrected chi connectivity index (χ0v) is 12.2. The third-order valence-corrected chi connectivity index (χ3v) is 3.82. The summed E-state index contributed by atoms with van der Waals surface area (Å²) < 4.78 is 1.74. The van der Waals surface area contributed by atoms with Gasteiger partial charge in [-0.15, -0.1) is 0 Å². The molecule has 20 heavy (non-hydrogen) atoms. The van der Waals surface area contributed by atoms with Crippen LogP contribution in [-0.2, 0) is 0 Å². The van der Waals surface area contributed by atoms with Crippen LogP contribution in [0.3, 0.4) is 0 Å². The second kappa shape index (κ2) is 6.74. The van der Waals surface area contributed by atoms with Crippen molar-refractivity contribution in [3.63, 3.8) is 0 Å². The number of hydrogen-bond acceptors (Lipinski definition) is 3. The van der Waals surface area contributed by atoms with Crippen LogP contribution in [0.5, 0.6) is 0 Å². The van der Waals surface area contributed by atoms with Gasteiger partial charge in [0.1, 0.15) is 5.82 Å². The minimum atomic E-state index is -0.446. The van der Waals surface area contributed by atoms with Gasteiger partial charge in [0.2, 0.25) is 0 Å². The SMILES string of the molecule is CC(C)n1nccc1NC(=O)NCC(O)C1CCCC1. The molecule has 1 aliphatic carbocycles. The summed E-state index contributed by atoms with van der Waals surface area (Å²) in [4.78, 5) is 11.8. The zero-order chi connectivity index (χ0) is 14.5. The summed E-state index contributed by atoms with van der Waals surface area (Å²) in [6, 6.07) is 1.64. The standard InChI is InChI=1S/C14H24N4O2/c1-10(2)18-13(7-8-16-18)17-14(20)15-9-12(19)11-5-3-4-6-11/h7-8,10-12,19H,3-6,9H2,1-2H3,(H2,15,17,20). The molecule has 6 heteroatoms. The molecule has 0 aromatic carbocycles. The van der Waals surface area contributed by atoms with Crippen molar-refractivity contribution in [2.24, 2.45) is 5.92 Å². The van der Waals surface area contributed by atoms with E-state index in [0.29, 0.717) is 18.3 Å². The Balaban J connectivity index is 1.78. The van der Waals surface area contributed by atoms with E-state index in [1.54, 1.807) is 16.9 Å². The molecule has 0 bridgehead atoms. The molecule has 1 heterocycles. The zero-order valence-electron chi connectivity index (χ0n) is 12.2. The molecule has 6 nitrogen and oxygen atoms in total. The number of amides is 2. The van der Waals surface area contributed by atoms with Crippen molar-refractivity contribution in [1.29, 1.82) is 0 Å². The fourth-order valence-corrected chi connectivity index (χ4v) is 2.69. The highest BCUT2D eigenvalue weighted by atomic mass is 16.3. The lowest BCUT2D eigenvalue weighted by Crippen LogP contribution is -2.38. The number of nitrogens with zero attached hydrogens (tertiary/aromatic N) is 2. The molecule has 0 spiro atoms. The van der Waals surface area contributed by atoms with Gasteiger partial charge in [-0.3, -0.25) is 5.32 Å². The maximum atomic E-state index is 11.8. The molecule has 1 fully saturated rings. The maximum Gasteiger partial charge on any atom is 0.320 e. The highest BCUT2D eigenvalue weighted by Gasteiger charge is 2.23. The van der Waals surface area contributed by atoms with Crippen LogP contribution in [0, 0.1) is 5.92 Å². The fourth-order valence-electron chi connectivity index (χ4n) is 2.69. The van der Waals surface area contributed by atoms with Crippen molar-refractivity contribution in [2.45, 2.75) is 51.7 Å². The van der Waals surface area contributed by atoms with Crippen molar-refractivity contribution in [3.05, 3.63) is 12.3 Å². The number of aromatic nitrogens is 2. The average Bonchev–Trinajstić information content (AvgIpc) is 3.06.